The van der Waals surface area contributed by atoms with E-state index in [-0.39, 0.29) is 5.54 Å². The third-order valence-corrected chi connectivity index (χ3v) is 5.18. The van der Waals surface area contributed by atoms with Gasteiger partial charge >= 0.3 is 0 Å². The summed E-state index contributed by atoms with van der Waals surface area (Å²) in [6.07, 6.45) is 4.51. The second-order valence-corrected chi connectivity index (χ2v) is 6.43. The first kappa shape index (κ1) is 15.1. The minimum absolute atomic E-state index is 0.0355. The smallest absolute Gasteiger partial charge is 0.0573 e. The first-order valence-corrected chi connectivity index (χ1v) is 7.72. The summed E-state index contributed by atoms with van der Waals surface area (Å²) >= 11 is 9.53. The van der Waals surface area contributed by atoms with Crippen LogP contribution in [0.3, 0.4) is 0 Å². The second kappa shape index (κ2) is 6.44. The van der Waals surface area contributed by atoms with E-state index in [0.29, 0.717) is 17.7 Å². The van der Waals surface area contributed by atoms with E-state index in [1.165, 1.54) is 0 Å². The van der Waals surface area contributed by atoms with Gasteiger partial charge in [-0.15, -0.1) is 0 Å². The molecule has 0 unspecified atom stereocenters. The number of benzene rings is 1. The fourth-order valence-electron chi connectivity index (χ4n) is 2.64. The summed E-state index contributed by atoms with van der Waals surface area (Å²) in [7, 11) is 1.78. The molecule has 1 aliphatic rings. The van der Waals surface area contributed by atoms with Gasteiger partial charge in [-0.25, -0.2) is 0 Å². The van der Waals surface area contributed by atoms with E-state index in [1.54, 1.807) is 7.11 Å². The van der Waals surface area contributed by atoms with Gasteiger partial charge in [0.2, 0.25) is 0 Å². The number of hydrogen-bond donors (Lipinski definition) is 2. The summed E-state index contributed by atoms with van der Waals surface area (Å²) in [5, 5.41) is 4.28. The molecule has 1 aliphatic carbocycles. The molecule has 0 saturated heterocycles. The summed E-state index contributed by atoms with van der Waals surface area (Å²) in [6, 6.07) is 5.91. The predicted octanol–water partition coefficient (Wildman–Crippen LogP) is 3.80. The van der Waals surface area contributed by atoms with Crippen molar-refractivity contribution in [1.82, 2.24) is 0 Å². The lowest BCUT2D eigenvalue weighted by molar-refractivity contribution is 0.0550. The molecule has 0 spiro atoms. The van der Waals surface area contributed by atoms with Crippen LogP contribution in [0.25, 0.3) is 0 Å². The van der Waals surface area contributed by atoms with Gasteiger partial charge in [0.15, 0.2) is 0 Å². The highest BCUT2D eigenvalue weighted by atomic mass is 79.9. The molecule has 1 aromatic carbocycles. The van der Waals surface area contributed by atoms with Crippen molar-refractivity contribution in [3.63, 3.8) is 0 Å². The number of nitrogens with two attached hydrogens (primary N) is 1. The Morgan fingerprint density at radius 3 is 2.68 bits per heavy atom. The van der Waals surface area contributed by atoms with Crippen LogP contribution < -0.4 is 11.1 Å². The van der Waals surface area contributed by atoms with Crippen LogP contribution in [-0.2, 0) is 4.74 Å². The first-order chi connectivity index (χ1) is 9.08. The summed E-state index contributed by atoms with van der Waals surface area (Å²) in [4.78, 5) is 0. The van der Waals surface area contributed by atoms with Gasteiger partial charge in [0.1, 0.15) is 0 Å². The normalized spacial score (nSPS) is 27.3. The zero-order chi connectivity index (χ0) is 13.9. The third-order valence-electron chi connectivity index (χ3n) is 3.94. The van der Waals surface area contributed by atoms with Crippen molar-refractivity contribution in [1.29, 1.82) is 0 Å². The maximum absolute atomic E-state index is 6.13. The SMILES string of the molecule is COC1CCC(CN)(Nc2ccc(Br)c(Cl)c2)CC1. The largest absolute Gasteiger partial charge is 0.381 e. The molecule has 0 aromatic heterocycles. The summed E-state index contributed by atoms with van der Waals surface area (Å²) in [6.45, 7) is 0.622. The quantitative estimate of drug-likeness (QED) is 0.871. The van der Waals surface area contributed by atoms with Gasteiger partial charge in [0.25, 0.3) is 0 Å². The van der Waals surface area contributed by atoms with Gasteiger partial charge in [-0.2, -0.15) is 0 Å². The Labute approximate surface area is 128 Å². The first-order valence-electron chi connectivity index (χ1n) is 6.55. The Morgan fingerprint density at radius 2 is 2.16 bits per heavy atom. The Kier molecular flexibility index (Phi) is 5.12. The molecule has 3 nitrogen and oxygen atoms in total. The van der Waals surface area contributed by atoms with Gasteiger partial charge in [-0.3, -0.25) is 0 Å². The summed E-state index contributed by atoms with van der Waals surface area (Å²) in [5.74, 6) is 0. The minimum Gasteiger partial charge on any atom is -0.381 e. The number of anilines is 1. The topological polar surface area (TPSA) is 47.3 Å². The average molecular weight is 348 g/mol. The highest BCUT2D eigenvalue weighted by molar-refractivity contribution is 9.10. The van der Waals surface area contributed by atoms with Gasteiger partial charge in [-0.1, -0.05) is 11.6 Å². The zero-order valence-corrected chi connectivity index (χ0v) is 13.4. The molecule has 106 valence electrons. The van der Waals surface area contributed by atoms with E-state index >= 15 is 0 Å². The molecule has 0 bridgehead atoms. The van der Waals surface area contributed by atoms with Crippen molar-refractivity contribution >= 4 is 33.2 Å². The van der Waals surface area contributed by atoms with Crippen LogP contribution in [0.15, 0.2) is 22.7 Å². The Hall–Kier alpha value is -0.290. The summed E-state index contributed by atoms with van der Waals surface area (Å²) < 4.78 is 6.33. The molecule has 1 fully saturated rings. The van der Waals surface area contributed by atoms with Gasteiger partial charge in [0, 0.05) is 29.4 Å². The Bertz CT molecular complexity index is 433. The van der Waals surface area contributed by atoms with Crippen LogP contribution in [0.5, 0.6) is 0 Å². The van der Waals surface area contributed by atoms with Crippen LogP contribution in [0.1, 0.15) is 25.7 Å². The van der Waals surface area contributed by atoms with E-state index in [2.05, 4.69) is 21.2 Å². The second-order valence-electron chi connectivity index (χ2n) is 5.17. The van der Waals surface area contributed by atoms with E-state index in [9.17, 15) is 0 Å². The van der Waals surface area contributed by atoms with E-state index < -0.39 is 0 Å². The molecule has 0 aliphatic heterocycles. The van der Waals surface area contributed by atoms with E-state index in [1.807, 2.05) is 18.2 Å². The van der Waals surface area contributed by atoms with Crippen molar-refractivity contribution < 1.29 is 4.74 Å². The third kappa shape index (κ3) is 3.63. The minimum atomic E-state index is -0.0355. The molecular formula is C14H20BrClN2O. The highest BCUT2D eigenvalue weighted by Crippen LogP contribution is 2.34. The zero-order valence-electron chi connectivity index (χ0n) is 11.1. The molecule has 0 heterocycles. The fraction of sp³-hybridized carbons (Fsp3) is 0.571. The molecular weight excluding hydrogens is 328 g/mol. The number of halogens is 2. The van der Waals surface area contributed by atoms with Crippen molar-refractivity contribution in [3.8, 4) is 0 Å². The number of hydrogen-bond acceptors (Lipinski definition) is 3. The fourth-order valence-corrected chi connectivity index (χ4v) is 3.07. The Balaban J connectivity index is 2.08. The maximum atomic E-state index is 6.13. The monoisotopic (exact) mass is 346 g/mol. The standard InChI is InChI=1S/C14H20BrClN2O/c1-19-11-4-6-14(9-17,7-5-11)18-10-2-3-12(15)13(16)8-10/h2-3,8,11,18H,4-7,9,17H2,1H3. The average Bonchev–Trinajstić information content (AvgIpc) is 2.44. The van der Waals surface area contributed by atoms with Crippen molar-refractivity contribution in [3.05, 3.63) is 27.7 Å². The van der Waals surface area contributed by atoms with Crippen LogP contribution >= 0.6 is 27.5 Å². The molecule has 0 atom stereocenters. The van der Waals surface area contributed by atoms with Crippen LogP contribution in [0, 0.1) is 0 Å². The molecule has 1 aromatic rings. The number of methoxy groups -OCH3 is 1. The van der Waals surface area contributed by atoms with Gasteiger partial charge in [0.05, 0.1) is 11.1 Å². The number of rotatable bonds is 4. The number of nitrogens with one attached hydrogen (secondary N) is 1. The molecule has 0 radical (unpaired) electrons. The molecule has 3 N–H and O–H groups in total. The van der Waals surface area contributed by atoms with Crippen LogP contribution in [-0.4, -0.2) is 25.3 Å². The van der Waals surface area contributed by atoms with Gasteiger partial charge < -0.3 is 15.8 Å². The molecule has 2 rings (SSSR count). The van der Waals surface area contributed by atoms with E-state index in [4.69, 9.17) is 22.1 Å². The van der Waals surface area contributed by atoms with Crippen molar-refractivity contribution in [2.45, 2.75) is 37.3 Å². The van der Waals surface area contributed by atoms with Crippen molar-refractivity contribution in [2.24, 2.45) is 5.73 Å². The Morgan fingerprint density at radius 1 is 1.47 bits per heavy atom. The lowest BCUT2D eigenvalue weighted by atomic mass is 9.80. The van der Waals surface area contributed by atoms with Crippen LogP contribution in [0.4, 0.5) is 5.69 Å². The van der Waals surface area contributed by atoms with E-state index in [0.717, 1.165) is 35.8 Å². The maximum Gasteiger partial charge on any atom is 0.0573 e. The molecule has 19 heavy (non-hydrogen) atoms. The lowest BCUT2D eigenvalue weighted by Crippen LogP contribution is -2.49. The summed E-state index contributed by atoms with van der Waals surface area (Å²) in [5.41, 5.74) is 6.98. The van der Waals surface area contributed by atoms with Gasteiger partial charge in [-0.05, 0) is 59.8 Å². The lowest BCUT2D eigenvalue weighted by Gasteiger charge is -2.40. The molecule has 5 heteroatoms. The number of ether oxygens (including phenoxy) is 1. The predicted molar refractivity (Wildman–Crippen MR) is 83.8 cm³/mol. The van der Waals surface area contributed by atoms with Crippen molar-refractivity contribution in [2.75, 3.05) is 19.0 Å². The molecule has 1 saturated carbocycles. The van der Waals surface area contributed by atoms with Crippen LogP contribution in [0.2, 0.25) is 5.02 Å². The molecule has 0 amide bonds. The highest BCUT2D eigenvalue weighted by Gasteiger charge is 2.34.